The summed E-state index contributed by atoms with van der Waals surface area (Å²) in [6.45, 7) is 0. The zero-order valence-electron chi connectivity index (χ0n) is 18.6. The van der Waals surface area contributed by atoms with Gasteiger partial charge in [0.1, 0.15) is 6.04 Å². The van der Waals surface area contributed by atoms with Gasteiger partial charge in [-0.3, -0.25) is 4.79 Å². The Morgan fingerprint density at radius 3 is 2.28 bits per heavy atom. The molecule has 2 aromatic heterocycles. The van der Waals surface area contributed by atoms with E-state index in [0.717, 1.165) is 10.4 Å². The molecule has 4 rings (SSSR count). The Balaban J connectivity index is 1.58. The summed E-state index contributed by atoms with van der Waals surface area (Å²) in [7, 11) is 0. The predicted molar refractivity (Wildman–Crippen MR) is 130 cm³/mol. The van der Waals surface area contributed by atoms with Crippen molar-refractivity contribution < 1.29 is 27.8 Å². The van der Waals surface area contributed by atoms with Gasteiger partial charge >= 0.3 is 12.1 Å². The third-order valence-electron chi connectivity index (χ3n) is 5.30. The summed E-state index contributed by atoms with van der Waals surface area (Å²) in [5.41, 5.74) is 13.5. The number of thiophene rings is 1. The summed E-state index contributed by atoms with van der Waals surface area (Å²) in [6, 6.07) is 16.5. The molecule has 0 aliphatic heterocycles. The third-order valence-corrected chi connectivity index (χ3v) is 6.22. The van der Waals surface area contributed by atoms with Gasteiger partial charge in [-0.15, -0.1) is 11.3 Å². The van der Waals surface area contributed by atoms with Crippen molar-refractivity contribution in [2.45, 2.75) is 24.7 Å². The van der Waals surface area contributed by atoms with E-state index in [9.17, 15) is 18.0 Å². The normalized spacial score (nSPS) is 13.2. The molecule has 5 N–H and O–H groups in total. The van der Waals surface area contributed by atoms with Crippen molar-refractivity contribution in [3.05, 3.63) is 83.2 Å². The lowest BCUT2D eigenvalue weighted by Gasteiger charge is -2.22. The van der Waals surface area contributed by atoms with Crippen LogP contribution >= 0.6 is 11.3 Å². The second-order valence-corrected chi connectivity index (χ2v) is 8.88. The van der Waals surface area contributed by atoms with E-state index in [1.807, 2.05) is 17.5 Å². The number of alkyl halides is 3. The molecule has 186 valence electrons. The Morgan fingerprint density at radius 2 is 1.69 bits per heavy atom. The molecular weight excluding hydrogens is 493 g/mol. The quantitative estimate of drug-likeness (QED) is 0.299. The van der Waals surface area contributed by atoms with Gasteiger partial charge in [0.15, 0.2) is 0 Å². The van der Waals surface area contributed by atoms with Crippen LogP contribution in [0.15, 0.2) is 72.1 Å². The van der Waals surface area contributed by atoms with Crippen LogP contribution in [0.4, 0.5) is 19.1 Å². The smallest absolute Gasteiger partial charge is 0.429 e. The van der Waals surface area contributed by atoms with Gasteiger partial charge < -0.3 is 21.3 Å². The number of anilines is 1. The highest BCUT2D eigenvalue weighted by molar-refractivity contribution is 7.13. The van der Waals surface area contributed by atoms with Gasteiger partial charge in [0.25, 0.3) is 0 Å². The van der Waals surface area contributed by atoms with E-state index >= 15 is 0 Å². The minimum Gasteiger partial charge on any atom is -0.480 e. The molecule has 0 aliphatic rings. The molecule has 4 aromatic rings. The van der Waals surface area contributed by atoms with Crippen molar-refractivity contribution in [3.63, 3.8) is 0 Å². The number of hydrogen-bond acceptors (Lipinski definition) is 7. The first-order valence-corrected chi connectivity index (χ1v) is 11.6. The second kappa shape index (κ2) is 10.3. The standard InChI is InChI=1S/C25H21F3N4O3S/c26-25(27,28)22(17-9-7-16(8-10-17)20-2-1-11-36-20)35-21-13-19(31-24(30)32-21)15-5-3-14(4-6-15)12-18(29)23(33)34/h1-11,13,18,22H,12,29H2,(H,33,34)(H2,30,31,32)/t18-,22?/m0/s1. The van der Waals surface area contributed by atoms with Crippen molar-refractivity contribution in [3.8, 4) is 27.6 Å². The number of carbonyl (C=O) groups is 1. The highest BCUT2D eigenvalue weighted by Crippen LogP contribution is 2.38. The van der Waals surface area contributed by atoms with Crippen LogP contribution in [0.25, 0.3) is 21.7 Å². The van der Waals surface area contributed by atoms with Crippen molar-refractivity contribution >= 4 is 23.3 Å². The van der Waals surface area contributed by atoms with Gasteiger partial charge in [0.2, 0.25) is 17.9 Å². The van der Waals surface area contributed by atoms with E-state index in [1.165, 1.54) is 29.5 Å². The molecule has 0 saturated carbocycles. The highest BCUT2D eigenvalue weighted by atomic mass is 32.1. The Labute approximate surface area is 208 Å². The number of carboxylic acid groups (broad SMARTS) is 1. The average Bonchev–Trinajstić information content (AvgIpc) is 3.37. The number of nitrogens with two attached hydrogens (primary N) is 2. The van der Waals surface area contributed by atoms with Gasteiger partial charge in [0, 0.05) is 22.1 Å². The lowest BCUT2D eigenvalue weighted by atomic mass is 10.0. The Bertz CT molecular complexity index is 1330. The topological polar surface area (TPSA) is 124 Å². The first-order chi connectivity index (χ1) is 17.1. The Hall–Kier alpha value is -3.96. The van der Waals surface area contributed by atoms with Crippen molar-refractivity contribution in [2.75, 3.05) is 5.73 Å². The lowest BCUT2D eigenvalue weighted by Crippen LogP contribution is -2.32. The molecule has 2 atom stereocenters. The van der Waals surface area contributed by atoms with Crippen LogP contribution in [-0.4, -0.2) is 33.3 Å². The van der Waals surface area contributed by atoms with Crippen molar-refractivity contribution in [1.82, 2.24) is 9.97 Å². The summed E-state index contributed by atoms with van der Waals surface area (Å²) < 4.78 is 47.1. The molecule has 0 fully saturated rings. The van der Waals surface area contributed by atoms with E-state index in [0.29, 0.717) is 11.1 Å². The lowest BCUT2D eigenvalue weighted by molar-refractivity contribution is -0.198. The zero-order valence-corrected chi connectivity index (χ0v) is 19.5. The first kappa shape index (κ1) is 25.1. The molecule has 11 heteroatoms. The third kappa shape index (κ3) is 5.99. The van der Waals surface area contributed by atoms with Gasteiger partial charge in [-0.2, -0.15) is 18.2 Å². The predicted octanol–water partition coefficient (Wildman–Crippen LogP) is 5.09. The average molecular weight is 515 g/mol. The van der Waals surface area contributed by atoms with E-state index < -0.39 is 24.3 Å². The SMILES string of the molecule is Nc1nc(OC(c2ccc(-c3cccs3)cc2)C(F)(F)F)cc(-c2ccc(C[C@H](N)C(=O)O)cc2)n1. The summed E-state index contributed by atoms with van der Waals surface area (Å²) in [4.78, 5) is 19.8. The number of halogens is 3. The van der Waals surface area contributed by atoms with Gasteiger partial charge in [-0.1, -0.05) is 54.6 Å². The molecule has 0 saturated heterocycles. The molecule has 0 spiro atoms. The van der Waals surface area contributed by atoms with Crippen LogP contribution in [0.1, 0.15) is 17.2 Å². The number of nitrogen functional groups attached to an aromatic ring is 1. The molecule has 0 bridgehead atoms. The number of carboxylic acids is 1. The Morgan fingerprint density at radius 1 is 1.03 bits per heavy atom. The van der Waals surface area contributed by atoms with Crippen molar-refractivity contribution in [1.29, 1.82) is 0 Å². The molecule has 2 heterocycles. The van der Waals surface area contributed by atoms with Gasteiger partial charge in [-0.25, -0.2) is 4.98 Å². The fourth-order valence-corrected chi connectivity index (χ4v) is 4.25. The molecule has 0 radical (unpaired) electrons. The van der Waals surface area contributed by atoms with Gasteiger partial charge in [-0.05, 0) is 29.0 Å². The molecule has 0 amide bonds. The molecule has 7 nitrogen and oxygen atoms in total. The van der Waals surface area contributed by atoms with Crippen LogP contribution in [-0.2, 0) is 11.2 Å². The zero-order chi connectivity index (χ0) is 25.9. The molecule has 2 aromatic carbocycles. The monoisotopic (exact) mass is 514 g/mol. The van der Waals surface area contributed by atoms with Crippen LogP contribution in [0.2, 0.25) is 0 Å². The molecular formula is C25H21F3N4O3S. The molecule has 1 unspecified atom stereocenters. The maximum absolute atomic E-state index is 13.9. The van der Waals surface area contributed by atoms with Crippen LogP contribution in [0.3, 0.4) is 0 Å². The molecule has 36 heavy (non-hydrogen) atoms. The largest absolute Gasteiger partial charge is 0.480 e. The van der Waals surface area contributed by atoms with Crippen molar-refractivity contribution in [2.24, 2.45) is 5.73 Å². The fraction of sp³-hybridized carbons (Fsp3) is 0.160. The maximum Gasteiger partial charge on any atom is 0.429 e. The van der Waals surface area contributed by atoms with E-state index in [1.54, 1.807) is 36.4 Å². The minimum absolute atomic E-state index is 0.0827. The Kier molecular flexibility index (Phi) is 7.22. The van der Waals surface area contributed by atoms with Crippen LogP contribution in [0, 0.1) is 0 Å². The number of aliphatic carboxylic acids is 1. The first-order valence-electron chi connectivity index (χ1n) is 10.7. The second-order valence-electron chi connectivity index (χ2n) is 7.93. The molecule has 0 aliphatic carbocycles. The maximum atomic E-state index is 13.9. The number of hydrogen-bond donors (Lipinski definition) is 3. The fourth-order valence-electron chi connectivity index (χ4n) is 3.51. The van der Waals surface area contributed by atoms with E-state index in [-0.39, 0.29) is 29.5 Å². The summed E-state index contributed by atoms with van der Waals surface area (Å²) in [5, 5.41) is 10.8. The van der Waals surface area contributed by atoms with Gasteiger partial charge in [0.05, 0.1) is 5.69 Å². The van der Waals surface area contributed by atoms with E-state index in [2.05, 4.69) is 9.97 Å². The number of aromatic nitrogens is 2. The summed E-state index contributed by atoms with van der Waals surface area (Å²) in [5.74, 6) is -1.71. The number of benzene rings is 2. The van der Waals surface area contributed by atoms with Crippen LogP contribution in [0.5, 0.6) is 5.88 Å². The number of nitrogens with zero attached hydrogens (tertiary/aromatic N) is 2. The highest BCUT2D eigenvalue weighted by Gasteiger charge is 2.43. The van der Waals surface area contributed by atoms with E-state index in [4.69, 9.17) is 21.3 Å². The van der Waals surface area contributed by atoms with Crippen LogP contribution < -0.4 is 16.2 Å². The summed E-state index contributed by atoms with van der Waals surface area (Å²) in [6.07, 6.45) is -6.86. The number of ether oxygens (including phenoxy) is 1. The summed E-state index contributed by atoms with van der Waals surface area (Å²) >= 11 is 1.49. The minimum atomic E-state index is -4.71. The number of rotatable bonds is 8.